The number of piperidine rings is 2. The van der Waals surface area contributed by atoms with Gasteiger partial charge in [0.05, 0.1) is 0 Å². The van der Waals surface area contributed by atoms with E-state index in [1.807, 2.05) is 7.05 Å². The van der Waals surface area contributed by atoms with Crippen molar-refractivity contribution in [3.63, 3.8) is 0 Å². The second kappa shape index (κ2) is 6.72. The highest BCUT2D eigenvalue weighted by atomic mass is 15.5. The Hall–Kier alpha value is -0.120. The minimum atomic E-state index is 0.963. The maximum atomic E-state index is 3.26. The van der Waals surface area contributed by atoms with Crippen LogP contribution in [-0.2, 0) is 0 Å². The maximum Gasteiger partial charge on any atom is 0.0133 e. The minimum Gasteiger partial charge on any atom is -0.303 e. The molecule has 0 aromatic carbocycles. The molecule has 3 nitrogen and oxygen atoms in total. The standard InChI is InChI=1S/C14H29N3/c1-13-3-8-16(9-4-13)10-5-14-6-11-17(15-2)12-7-14/h13-15H,3-12H2,1-2H3. The van der Waals surface area contributed by atoms with Gasteiger partial charge in [-0.3, -0.25) is 5.43 Å². The largest absolute Gasteiger partial charge is 0.303 e. The van der Waals surface area contributed by atoms with Crippen molar-refractivity contribution in [1.29, 1.82) is 0 Å². The van der Waals surface area contributed by atoms with Gasteiger partial charge in [-0.05, 0) is 70.6 Å². The van der Waals surface area contributed by atoms with Gasteiger partial charge in [0.1, 0.15) is 0 Å². The molecule has 0 spiro atoms. The molecule has 0 aliphatic carbocycles. The molecule has 0 saturated carbocycles. The summed E-state index contributed by atoms with van der Waals surface area (Å²) in [5.41, 5.74) is 3.26. The molecule has 0 unspecified atom stereocenters. The van der Waals surface area contributed by atoms with E-state index < -0.39 is 0 Å². The zero-order valence-electron chi connectivity index (χ0n) is 11.6. The molecule has 2 heterocycles. The first-order valence-electron chi connectivity index (χ1n) is 7.42. The Morgan fingerprint density at radius 1 is 1.00 bits per heavy atom. The van der Waals surface area contributed by atoms with Crippen LogP contribution in [0.3, 0.4) is 0 Å². The van der Waals surface area contributed by atoms with Gasteiger partial charge in [0.25, 0.3) is 0 Å². The van der Waals surface area contributed by atoms with Crippen molar-refractivity contribution in [2.75, 3.05) is 39.8 Å². The van der Waals surface area contributed by atoms with Crippen molar-refractivity contribution >= 4 is 0 Å². The monoisotopic (exact) mass is 239 g/mol. The Labute approximate surface area is 107 Å². The molecule has 0 aromatic rings. The van der Waals surface area contributed by atoms with Crippen LogP contribution in [0.25, 0.3) is 0 Å². The molecule has 1 N–H and O–H groups in total. The molecule has 2 rings (SSSR count). The molecule has 2 aliphatic heterocycles. The summed E-state index contributed by atoms with van der Waals surface area (Å²) in [7, 11) is 2.04. The van der Waals surface area contributed by atoms with E-state index in [4.69, 9.17) is 0 Å². The number of nitrogens with zero attached hydrogens (tertiary/aromatic N) is 2. The van der Waals surface area contributed by atoms with E-state index >= 15 is 0 Å². The Bertz CT molecular complexity index is 204. The van der Waals surface area contributed by atoms with Gasteiger partial charge >= 0.3 is 0 Å². The van der Waals surface area contributed by atoms with Gasteiger partial charge in [0.2, 0.25) is 0 Å². The number of hydrazine groups is 1. The number of rotatable bonds is 4. The summed E-state index contributed by atoms with van der Waals surface area (Å²) in [6.07, 6.45) is 7.01. The summed E-state index contributed by atoms with van der Waals surface area (Å²) in [5.74, 6) is 1.93. The lowest BCUT2D eigenvalue weighted by atomic mass is 9.93. The molecule has 0 radical (unpaired) electrons. The lowest BCUT2D eigenvalue weighted by Gasteiger charge is -2.34. The average Bonchev–Trinajstić information content (AvgIpc) is 2.39. The van der Waals surface area contributed by atoms with Crippen molar-refractivity contribution in [2.24, 2.45) is 11.8 Å². The van der Waals surface area contributed by atoms with Gasteiger partial charge in [0.15, 0.2) is 0 Å². The first kappa shape index (κ1) is 13.3. The summed E-state index contributed by atoms with van der Waals surface area (Å²) in [4.78, 5) is 2.68. The molecule has 0 aromatic heterocycles. The number of nitrogens with one attached hydrogen (secondary N) is 1. The normalized spacial score (nSPS) is 26.5. The summed E-state index contributed by atoms with van der Waals surface area (Å²) >= 11 is 0. The number of hydrogen-bond acceptors (Lipinski definition) is 3. The third-order valence-electron chi connectivity index (χ3n) is 4.66. The van der Waals surface area contributed by atoms with E-state index in [2.05, 4.69) is 22.3 Å². The molecule has 0 amide bonds. The SMILES string of the molecule is CNN1CCC(CCN2CCC(C)CC2)CC1. The molecule has 2 aliphatic rings. The van der Waals surface area contributed by atoms with Crippen LogP contribution in [0.15, 0.2) is 0 Å². The fourth-order valence-corrected chi connectivity index (χ4v) is 3.10. The van der Waals surface area contributed by atoms with Crippen LogP contribution >= 0.6 is 0 Å². The van der Waals surface area contributed by atoms with Crippen molar-refractivity contribution in [3.05, 3.63) is 0 Å². The molecular weight excluding hydrogens is 210 g/mol. The van der Waals surface area contributed by atoms with Crippen LogP contribution in [-0.4, -0.2) is 49.7 Å². The summed E-state index contributed by atoms with van der Waals surface area (Å²) in [6.45, 7) is 8.89. The van der Waals surface area contributed by atoms with E-state index in [1.165, 1.54) is 64.8 Å². The first-order chi connectivity index (χ1) is 8.28. The van der Waals surface area contributed by atoms with Crippen LogP contribution in [0.2, 0.25) is 0 Å². The molecule has 2 fully saturated rings. The third kappa shape index (κ3) is 4.23. The molecule has 0 bridgehead atoms. The Morgan fingerprint density at radius 3 is 2.24 bits per heavy atom. The van der Waals surface area contributed by atoms with E-state index in [0.29, 0.717) is 0 Å². The number of hydrogen-bond donors (Lipinski definition) is 1. The van der Waals surface area contributed by atoms with Gasteiger partial charge in [-0.2, -0.15) is 0 Å². The second-order valence-corrected chi connectivity index (χ2v) is 5.97. The summed E-state index contributed by atoms with van der Waals surface area (Å²) in [6, 6.07) is 0. The summed E-state index contributed by atoms with van der Waals surface area (Å²) in [5, 5.41) is 2.35. The second-order valence-electron chi connectivity index (χ2n) is 5.97. The lowest BCUT2D eigenvalue weighted by Crippen LogP contribution is -2.42. The smallest absolute Gasteiger partial charge is 0.0133 e. The van der Waals surface area contributed by atoms with Gasteiger partial charge in [0, 0.05) is 13.1 Å². The van der Waals surface area contributed by atoms with Gasteiger partial charge in [-0.15, -0.1) is 0 Å². The fourth-order valence-electron chi connectivity index (χ4n) is 3.10. The third-order valence-corrected chi connectivity index (χ3v) is 4.66. The van der Waals surface area contributed by atoms with Gasteiger partial charge in [-0.25, -0.2) is 5.01 Å². The van der Waals surface area contributed by atoms with Gasteiger partial charge in [-0.1, -0.05) is 6.92 Å². The molecule has 100 valence electrons. The quantitative estimate of drug-likeness (QED) is 0.809. The minimum absolute atomic E-state index is 0.963. The van der Waals surface area contributed by atoms with Crippen molar-refractivity contribution in [1.82, 2.24) is 15.3 Å². The first-order valence-corrected chi connectivity index (χ1v) is 7.42. The predicted octanol–water partition coefficient (Wildman–Crippen LogP) is 1.95. The molecule has 3 heteroatoms. The van der Waals surface area contributed by atoms with E-state index in [-0.39, 0.29) is 0 Å². The zero-order valence-corrected chi connectivity index (χ0v) is 11.6. The average molecular weight is 239 g/mol. The predicted molar refractivity (Wildman–Crippen MR) is 72.8 cm³/mol. The van der Waals surface area contributed by atoms with E-state index in [1.54, 1.807) is 0 Å². The molecular formula is C14H29N3. The molecule has 2 saturated heterocycles. The highest BCUT2D eigenvalue weighted by Crippen LogP contribution is 2.21. The maximum absolute atomic E-state index is 3.26. The Morgan fingerprint density at radius 2 is 1.65 bits per heavy atom. The van der Waals surface area contributed by atoms with Crippen molar-refractivity contribution in [2.45, 2.75) is 39.0 Å². The van der Waals surface area contributed by atoms with E-state index in [0.717, 1.165) is 11.8 Å². The zero-order chi connectivity index (χ0) is 12.1. The number of likely N-dealkylation sites (tertiary alicyclic amines) is 1. The highest BCUT2D eigenvalue weighted by molar-refractivity contribution is 4.74. The van der Waals surface area contributed by atoms with Crippen LogP contribution in [0.5, 0.6) is 0 Å². The molecule has 0 atom stereocenters. The Kier molecular flexibility index (Phi) is 5.26. The van der Waals surface area contributed by atoms with Crippen LogP contribution in [0, 0.1) is 11.8 Å². The fraction of sp³-hybridized carbons (Fsp3) is 1.00. The van der Waals surface area contributed by atoms with Gasteiger partial charge < -0.3 is 4.90 Å². The van der Waals surface area contributed by atoms with Crippen LogP contribution in [0.1, 0.15) is 39.0 Å². The van der Waals surface area contributed by atoms with Crippen molar-refractivity contribution < 1.29 is 0 Å². The Balaban J connectivity index is 1.59. The summed E-state index contributed by atoms with van der Waals surface area (Å²) < 4.78 is 0. The van der Waals surface area contributed by atoms with Crippen LogP contribution in [0.4, 0.5) is 0 Å². The van der Waals surface area contributed by atoms with Crippen molar-refractivity contribution in [3.8, 4) is 0 Å². The van der Waals surface area contributed by atoms with E-state index in [9.17, 15) is 0 Å². The topological polar surface area (TPSA) is 18.5 Å². The lowest BCUT2D eigenvalue weighted by molar-refractivity contribution is 0.119. The molecule has 17 heavy (non-hydrogen) atoms. The van der Waals surface area contributed by atoms with Crippen LogP contribution < -0.4 is 5.43 Å². The highest BCUT2D eigenvalue weighted by Gasteiger charge is 2.20.